The van der Waals surface area contributed by atoms with Crippen LogP contribution in [0.2, 0.25) is 0 Å². The second kappa shape index (κ2) is 12.4. The average molecular weight is 577 g/mol. The predicted molar refractivity (Wildman–Crippen MR) is 171 cm³/mol. The number of rotatable bonds is 9. The van der Waals surface area contributed by atoms with Crippen LogP contribution in [-0.4, -0.2) is 24.3 Å². The van der Waals surface area contributed by atoms with Gasteiger partial charge in [0.1, 0.15) is 6.10 Å². The Bertz CT molecular complexity index is 1180. The second-order valence-electron chi connectivity index (χ2n) is 15.3. The lowest BCUT2D eigenvalue weighted by atomic mass is 9.47. The lowest BCUT2D eigenvalue weighted by Gasteiger charge is -2.58. The number of phenols is 1. The van der Waals surface area contributed by atoms with Gasteiger partial charge in [0.05, 0.1) is 7.11 Å². The minimum atomic E-state index is -0.287. The van der Waals surface area contributed by atoms with Crippen molar-refractivity contribution in [3.63, 3.8) is 0 Å². The molecule has 1 aromatic rings. The van der Waals surface area contributed by atoms with Crippen molar-refractivity contribution in [2.24, 2.45) is 52.3 Å². The Morgan fingerprint density at radius 1 is 1.02 bits per heavy atom. The number of aromatic hydroxyl groups is 1. The van der Waals surface area contributed by atoms with Crippen LogP contribution >= 0.6 is 0 Å². The topological polar surface area (TPSA) is 55.8 Å². The van der Waals surface area contributed by atoms with Crippen molar-refractivity contribution in [1.82, 2.24) is 0 Å². The van der Waals surface area contributed by atoms with Gasteiger partial charge in [0.15, 0.2) is 11.5 Å². The summed E-state index contributed by atoms with van der Waals surface area (Å²) in [4.78, 5) is 12.7. The highest BCUT2D eigenvalue weighted by Crippen LogP contribution is 2.67. The van der Waals surface area contributed by atoms with E-state index in [0.717, 1.165) is 60.8 Å². The first-order valence-electron chi connectivity index (χ1n) is 16.9. The fourth-order valence-corrected chi connectivity index (χ4v) is 9.78. The van der Waals surface area contributed by atoms with Gasteiger partial charge < -0.3 is 14.6 Å². The predicted octanol–water partition coefficient (Wildman–Crippen LogP) is 9.61. The van der Waals surface area contributed by atoms with E-state index in [0.29, 0.717) is 28.4 Å². The first kappa shape index (κ1) is 31.2. The monoisotopic (exact) mass is 576 g/mol. The van der Waals surface area contributed by atoms with E-state index in [1.807, 2.05) is 5.57 Å². The van der Waals surface area contributed by atoms with Crippen molar-refractivity contribution in [2.75, 3.05) is 7.11 Å². The molecule has 3 saturated carbocycles. The van der Waals surface area contributed by atoms with Gasteiger partial charge in [0.25, 0.3) is 0 Å². The molecule has 1 unspecified atom stereocenters. The number of allylic oxidation sites excluding steroid dienone is 2. The van der Waals surface area contributed by atoms with Gasteiger partial charge in [-0.2, -0.15) is 0 Å². The van der Waals surface area contributed by atoms with Crippen LogP contribution in [0.1, 0.15) is 111 Å². The second-order valence-corrected chi connectivity index (χ2v) is 15.3. The standard InChI is InChI=1S/C38H56O4/c1-24(2)25(3)8-9-26(4)31-14-15-32-30-13-12-28-23-29(18-20-37(28,5)33(30)19-21-38(31,32)6)42-36(40)17-11-27-10-16-34(39)35(22-27)41-7/h10-11,13,16-17,22,24-26,28-29,31-33,39H,8-9,12,14-15,18-21,23H2,1-7H3/b17-11+/t25-,26+,28?,29-,31+,32-,33-,37-,38+/m0/s1. The molecular formula is C38H56O4. The van der Waals surface area contributed by atoms with E-state index in [4.69, 9.17) is 9.47 Å². The van der Waals surface area contributed by atoms with Gasteiger partial charge in [-0.15, -0.1) is 0 Å². The van der Waals surface area contributed by atoms with Crippen LogP contribution in [0.25, 0.3) is 6.08 Å². The molecule has 0 bridgehead atoms. The van der Waals surface area contributed by atoms with Crippen molar-refractivity contribution in [3.05, 3.63) is 41.5 Å². The Kier molecular flexibility index (Phi) is 9.22. The quantitative estimate of drug-likeness (QED) is 0.181. The van der Waals surface area contributed by atoms with Crippen LogP contribution in [0.5, 0.6) is 11.5 Å². The van der Waals surface area contributed by atoms with Crippen LogP contribution in [0.4, 0.5) is 0 Å². The maximum Gasteiger partial charge on any atom is 0.331 e. The van der Waals surface area contributed by atoms with Gasteiger partial charge in [-0.1, -0.05) is 72.1 Å². The lowest BCUT2D eigenvalue weighted by molar-refractivity contribution is -0.148. The number of hydrogen-bond donors (Lipinski definition) is 1. The summed E-state index contributed by atoms with van der Waals surface area (Å²) < 4.78 is 11.2. The summed E-state index contributed by atoms with van der Waals surface area (Å²) in [6, 6.07) is 5.05. The number of fused-ring (bicyclic) bond motifs is 5. The molecule has 0 spiro atoms. The Morgan fingerprint density at radius 2 is 1.76 bits per heavy atom. The molecule has 3 fully saturated rings. The maximum atomic E-state index is 12.7. The molecule has 1 N–H and O–H groups in total. The molecular weight excluding hydrogens is 520 g/mol. The third-order valence-corrected chi connectivity index (χ3v) is 12.9. The fourth-order valence-electron chi connectivity index (χ4n) is 9.78. The lowest BCUT2D eigenvalue weighted by Crippen LogP contribution is -2.50. The normalized spacial score (nSPS) is 35.6. The van der Waals surface area contributed by atoms with Crippen molar-refractivity contribution in [1.29, 1.82) is 0 Å². The molecule has 0 radical (unpaired) electrons. The molecule has 0 amide bonds. The van der Waals surface area contributed by atoms with Crippen molar-refractivity contribution in [2.45, 2.75) is 112 Å². The summed E-state index contributed by atoms with van der Waals surface area (Å²) in [6.45, 7) is 15.0. The van der Waals surface area contributed by atoms with Gasteiger partial charge in [-0.3, -0.25) is 0 Å². The molecule has 232 valence electrons. The molecule has 4 nitrogen and oxygen atoms in total. The van der Waals surface area contributed by atoms with Crippen LogP contribution in [-0.2, 0) is 9.53 Å². The first-order valence-corrected chi connectivity index (χ1v) is 16.9. The molecule has 0 aliphatic heterocycles. The number of ether oxygens (including phenoxy) is 2. The highest BCUT2D eigenvalue weighted by molar-refractivity contribution is 5.87. The molecule has 4 aliphatic rings. The molecule has 4 aliphatic carbocycles. The molecule has 9 atom stereocenters. The SMILES string of the molecule is COc1cc(/C=C/C(=O)O[C@H]2CC[C@@]3(C)C(CC=C4[C@@H]5CC[C@H]([C@H](C)CC[C@H](C)C(C)C)[C@@]5(C)CC[C@@H]43)C2)ccc1O. The average Bonchev–Trinajstić information content (AvgIpc) is 3.32. The first-order chi connectivity index (χ1) is 20.0. The Labute approximate surface area is 255 Å². The summed E-state index contributed by atoms with van der Waals surface area (Å²) in [7, 11) is 1.52. The number of esters is 1. The number of hydrogen-bond acceptors (Lipinski definition) is 4. The number of benzene rings is 1. The van der Waals surface area contributed by atoms with Crippen LogP contribution in [0, 0.1) is 52.3 Å². The molecule has 1 aromatic carbocycles. The number of methoxy groups -OCH3 is 1. The number of carbonyl (C=O) groups is 1. The van der Waals surface area contributed by atoms with E-state index in [-0.39, 0.29) is 17.8 Å². The van der Waals surface area contributed by atoms with Gasteiger partial charge in [-0.05, 0) is 127 Å². The zero-order chi connectivity index (χ0) is 30.2. The van der Waals surface area contributed by atoms with Gasteiger partial charge in [0, 0.05) is 6.08 Å². The summed E-state index contributed by atoms with van der Waals surface area (Å²) >= 11 is 0. The third-order valence-electron chi connectivity index (χ3n) is 12.9. The summed E-state index contributed by atoms with van der Waals surface area (Å²) in [5.74, 6) is 5.53. The van der Waals surface area contributed by atoms with Crippen LogP contribution in [0.15, 0.2) is 35.9 Å². The maximum absolute atomic E-state index is 12.7. The van der Waals surface area contributed by atoms with Gasteiger partial charge >= 0.3 is 5.97 Å². The Morgan fingerprint density at radius 3 is 2.50 bits per heavy atom. The van der Waals surface area contributed by atoms with Gasteiger partial charge in [-0.25, -0.2) is 4.79 Å². The van der Waals surface area contributed by atoms with E-state index in [9.17, 15) is 9.90 Å². The number of carbonyl (C=O) groups excluding carboxylic acids is 1. The summed E-state index contributed by atoms with van der Waals surface area (Å²) in [5, 5.41) is 9.81. The minimum Gasteiger partial charge on any atom is -0.504 e. The zero-order valence-electron chi connectivity index (χ0n) is 27.3. The van der Waals surface area contributed by atoms with Crippen LogP contribution < -0.4 is 4.74 Å². The summed E-state index contributed by atoms with van der Waals surface area (Å²) in [5.41, 5.74) is 3.40. The van der Waals surface area contributed by atoms with E-state index in [1.54, 1.807) is 24.3 Å². The molecule has 0 saturated heterocycles. The third kappa shape index (κ3) is 5.93. The molecule has 5 rings (SSSR count). The Hall–Kier alpha value is -2.23. The van der Waals surface area contributed by atoms with Crippen molar-refractivity contribution < 1.29 is 19.4 Å². The molecule has 4 heteroatoms. The Balaban J connectivity index is 1.21. The fraction of sp³-hybridized carbons (Fsp3) is 0.711. The minimum absolute atomic E-state index is 0.0108. The van der Waals surface area contributed by atoms with Crippen molar-refractivity contribution >= 4 is 12.0 Å². The van der Waals surface area contributed by atoms with E-state index < -0.39 is 0 Å². The van der Waals surface area contributed by atoms with Gasteiger partial charge in [0.2, 0.25) is 0 Å². The van der Waals surface area contributed by atoms with Crippen LogP contribution in [0.3, 0.4) is 0 Å². The smallest absolute Gasteiger partial charge is 0.331 e. The summed E-state index contributed by atoms with van der Waals surface area (Å²) in [6.07, 6.45) is 18.3. The van der Waals surface area contributed by atoms with E-state index in [2.05, 4.69) is 47.6 Å². The van der Waals surface area contributed by atoms with E-state index in [1.165, 1.54) is 51.7 Å². The largest absolute Gasteiger partial charge is 0.504 e. The molecule has 0 heterocycles. The number of phenolic OH excluding ortho intramolecular Hbond substituents is 1. The molecule has 42 heavy (non-hydrogen) atoms. The highest BCUT2D eigenvalue weighted by atomic mass is 16.5. The zero-order valence-corrected chi connectivity index (χ0v) is 27.3. The van der Waals surface area contributed by atoms with Crippen molar-refractivity contribution in [3.8, 4) is 11.5 Å². The van der Waals surface area contributed by atoms with E-state index >= 15 is 0 Å². The molecule has 0 aromatic heterocycles. The highest BCUT2D eigenvalue weighted by Gasteiger charge is 2.58.